The maximum atomic E-state index is 11.9. The average Bonchev–Trinajstić information content (AvgIpc) is 2.28. The third-order valence-corrected chi connectivity index (χ3v) is 3.19. The lowest BCUT2D eigenvalue weighted by Gasteiger charge is -2.13. The number of aliphatic hydroxyl groups excluding tert-OH is 1. The highest BCUT2D eigenvalue weighted by atomic mass is 79.9. The lowest BCUT2D eigenvalue weighted by atomic mass is 10.1. The summed E-state index contributed by atoms with van der Waals surface area (Å²) in [5.41, 5.74) is 0.0476. The lowest BCUT2D eigenvalue weighted by molar-refractivity contribution is -0.385. The van der Waals surface area contributed by atoms with E-state index in [-0.39, 0.29) is 28.4 Å². The van der Waals surface area contributed by atoms with Crippen LogP contribution in [0.3, 0.4) is 0 Å². The zero-order valence-electron chi connectivity index (χ0n) is 9.72. The van der Waals surface area contributed by atoms with E-state index in [0.29, 0.717) is 6.42 Å². The summed E-state index contributed by atoms with van der Waals surface area (Å²) in [7, 11) is 0. The molecule has 0 bridgehead atoms. The van der Waals surface area contributed by atoms with E-state index >= 15 is 0 Å². The predicted molar refractivity (Wildman–Crippen MR) is 69.4 cm³/mol. The summed E-state index contributed by atoms with van der Waals surface area (Å²) in [5.74, 6) is -0.411. The van der Waals surface area contributed by atoms with E-state index in [4.69, 9.17) is 5.11 Å². The standard InChI is InChI=1S/C11H13BrN2O4/c1-7(5-6-15)13-11(16)8-3-2-4-9(10(8)12)14(17)18/h2-4,7,15H,5-6H2,1H3,(H,13,16). The largest absolute Gasteiger partial charge is 0.396 e. The molecule has 0 spiro atoms. The molecule has 0 radical (unpaired) electrons. The molecule has 1 atom stereocenters. The Hall–Kier alpha value is -1.47. The van der Waals surface area contributed by atoms with Crippen LogP contribution in [-0.2, 0) is 0 Å². The Morgan fingerprint density at radius 2 is 2.28 bits per heavy atom. The maximum absolute atomic E-state index is 11.9. The highest BCUT2D eigenvalue weighted by Crippen LogP contribution is 2.28. The average molecular weight is 317 g/mol. The second-order valence-corrected chi connectivity index (χ2v) is 4.58. The molecule has 2 N–H and O–H groups in total. The molecule has 1 amide bonds. The van der Waals surface area contributed by atoms with Crippen LogP contribution >= 0.6 is 15.9 Å². The van der Waals surface area contributed by atoms with Gasteiger partial charge in [0.15, 0.2) is 0 Å². The number of hydrogen-bond donors (Lipinski definition) is 2. The van der Waals surface area contributed by atoms with Gasteiger partial charge >= 0.3 is 0 Å². The van der Waals surface area contributed by atoms with Crippen molar-refractivity contribution in [3.05, 3.63) is 38.3 Å². The minimum Gasteiger partial charge on any atom is -0.396 e. The number of carbonyl (C=O) groups is 1. The Morgan fingerprint density at radius 3 is 2.83 bits per heavy atom. The van der Waals surface area contributed by atoms with Gasteiger partial charge in [-0.25, -0.2) is 0 Å². The number of benzene rings is 1. The first-order chi connectivity index (χ1) is 8.47. The summed E-state index contributed by atoms with van der Waals surface area (Å²) in [4.78, 5) is 22.1. The zero-order valence-corrected chi connectivity index (χ0v) is 11.3. The van der Waals surface area contributed by atoms with Crippen molar-refractivity contribution < 1.29 is 14.8 Å². The van der Waals surface area contributed by atoms with E-state index in [1.54, 1.807) is 6.92 Å². The molecule has 0 aliphatic heterocycles. The molecule has 1 aromatic rings. The second-order valence-electron chi connectivity index (χ2n) is 3.78. The van der Waals surface area contributed by atoms with Crippen molar-refractivity contribution in [3.8, 4) is 0 Å². The Labute approximate surface area is 112 Å². The highest BCUT2D eigenvalue weighted by molar-refractivity contribution is 9.10. The van der Waals surface area contributed by atoms with Crippen molar-refractivity contribution in [2.75, 3.05) is 6.61 Å². The van der Waals surface area contributed by atoms with Gasteiger partial charge in [-0.3, -0.25) is 14.9 Å². The van der Waals surface area contributed by atoms with Crippen molar-refractivity contribution in [1.29, 1.82) is 0 Å². The summed E-state index contributed by atoms with van der Waals surface area (Å²) in [6, 6.07) is 4.07. The van der Waals surface area contributed by atoms with Gasteiger partial charge in [0.2, 0.25) is 0 Å². The van der Waals surface area contributed by atoms with Crippen LogP contribution in [0.1, 0.15) is 23.7 Å². The number of nitro groups is 1. The molecule has 0 saturated carbocycles. The van der Waals surface area contributed by atoms with Crippen LogP contribution in [0.15, 0.2) is 22.7 Å². The Bertz CT molecular complexity index is 464. The number of nitrogens with zero attached hydrogens (tertiary/aromatic N) is 1. The van der Waals surface area contributed by atoms with E-state index in [0.717, 1.165) is 0 Å². The van der Waals surface area contributed by atoms with Crippen LogP contribution in [0.5, 0.6) is 0 Å². The molecule has 0 heterocycles. The molecule has 98 valence electrons. The molecule has 1 aromatic carbocycles. The molecular weight excluding hydrogens is 304 g/mol. The van der Waals surface area contributed by atoms with E-state index in [2.05, 4.69) is 21.2 Å². The van der Waals surface area contributed by atoms with Crippen molar-refractivity contribution in [1.82, 2.24) is 5.32 Å². The molecule has 1 unspecified atom stereocenters. The van der Waals surface area contributed by atoms with Gasteiger partial charge in [0, 0.05) is 18.7 Å². The molecule has 6 nitrogen and oxygen atoms in total. The van der Waals surface area contributed by atoms with Gasteiger partial charge in [0.1, 0.15) is 4.47 Å². The molecule has 18 heavy (non-hydrogen) atoms. The van der Waals surface area contributed by atoms with Crippen LogP contribution in [0.4, 0.5) is 5.69 Å². The number of aliphatic hydroxyl groups is 1. The number of hydrogen-bond acceptors (Lipinski definition) is 4. The molecule has 0 aromatic heterocycles. The first kappa shape index (κ1) is 14.6. The van der Waals surface area contributed by atoms with Crippen molar-refractivity contribution in [2.45, 2.75) is 19.4 Å². The second kappa shape index (κ2) is 6.46. The SMILES string of the molecule is CC(CCO)NC(=O)c1cccc([N+](=O)[O-])c1Br. The van der Waals surface area contributed by atoms with Crippen LogP contribution in [0.25, 0.3) is 0 Å². The summed E-state index contributed by atoms with van der Waals surface area (Å²) in [5, 5.41) is 22.1. The number of carbonyl (C=O) groups excluding carboxylic acids is 1. The van der Waals surface area contributed by atoms with Crippen LogP contribution < -0.4 is 5.32 Å². The number of amides is 1. The molecule has 0 saturated heterocycles. The quantitative estimate of drug-likeness (QED) is 0.640. The number of rotatable bonds is 5. The van der Waals surface area contributed by atoms with E-state index in [1.165, 1.54) is 18.2 Å². The molecular formula is C11H13BrN2O4. The van der Waals surface area contributed by atoms with Gasteiger partial charge < -0.3 is 10.4 Å². The summed E-state index contributed by atoms with van der Waals surface area (Å²) < 4.78 is 0.156. The molecule has 7 heteroatoms. The van der Waals surface area contributed by atoms with Gasteiger partial charge in [0.05, 0.1) is 10.5 Å². The van der Waals surface area contributed by atoms with Crippen molar-refractivity contribution in [3.63, 3.8) is 0 Å². The topological polar surface area (TPSA) is 92.5 Å². The van der Waals surface area contributed by atoms with E-state index < -0.39 is 10.8 Å². The Balaban J connectivity index is 2.93. The van der Waals surface area contributed by atoms with Crippen LogP contribution in [-0.4, -0.2) is 28.6 Å². The van der Waals surface area contributed by atoms with Crippen molar-refractivity contribution in [2.24, 2.45) is 0 Å². The van der Waals surface area contributed by atoms with Gasteiger partial charge in [0.25, 0.3) is 11.6 Å². The van der Waals surface area contributed by atoms with Crippen molar-refractivity contribution >= 4 is 27.5 Å². The normalized spacial score (nSPS) is 11.9. The van der Waals surface area contributed by atoms with Gasteiger partial charge in [-0.05, 0) is 35.3 Å². The lowest BCUT2D eigenvalue weighted by Crippen LogP contribution is -2.33. The summed E-state index contributed by atoms with van der Waals surface area (Å²) >= 11 is 3.06. The van der Waals surface area contributed by atoms with E-state index in [9.17, 15) is 14.9 Å². The Kier molecular flexibility index (Phi) is 5.24. The monoisotopic (exact) mass is 316 g/mol. The zero-order chi connectivity index (χ0) is 13.7. The predicted octanol–water partition coefficient (Wildman–Crippen LogP) is 1.86. The van der Waals surface area contributed by atoms with E-state index in [1.807, 2.05) is 0 Å². The minimum atomic E-state index is -0.558. The highest BCUT2D eigenvalue weighted by Gasteiger charge is 2.20. The summed E-state index contributed by atoms with van der Waals surface area (Å²) in [6.45, 7) is 1.72. The number of halogens is 1. The third-order valence-electron chi connectivity index (χ3n) is 2.36. The molecule has 0 aliphatic carbocycles. The van der Waals surface area contributed by atoms with Crippen LogP contribution in [0.2, 0.25) is 0 Å². The molecule has 0 fully saturated rings. The third kappa shape index (κ3) is 3.51. The smallest absolute Gasteiger partial charge is 0.284 e. The van der Waals surface area contributed by atoms with Gasteiger partial charge in [-0.2, -0.15) is 0 Å². The van der Waals surface area contributed by atoms with Crippen LogP contribution in [0, 0.1) is 10.1 Å². The fraction of sp³-hybridized carbons (Fsp3) is 0.364. The first-order valence-electron chi connectivity index (χ1n) is 5.32. The fourth-order valence-corrected chi connectivity index (χ4v) is 1.99. The number of nitrogens with one attached hydrogen (secondary N) is 1. The summed E-state index contributed by atoms with van der Waals surface area (Å²) in [6.07, 6.45) is 0.429. The number of nitro benzene ring substituents is 1. The van der Waals surface area contributed by atoms with Gasteiger partial charge in [-0.1, -0.05) is 6.07 Å². The minimum absolute atomic E-state index is 0.0302. The first-order valence-corrected chi connectivity index (χ1v) is 6.11. The Morgan fingerprint density at radius 1 is 1.61 bits per heavy atom. The van der Waals surface area contributed by atoms with Gasteiger partial charge in [-0.15, -0.1) is 0 Å². The maximum Gasteiger partial charge on any atom is 0.284 e. The fourth-order valence-electron chi connectivity index (χ4n) is 1.40. The molecule has 0 aliphatic rings. The molecule has 1 rings (SSSR count).